The lowest BCUT2D eigenvalue weighted by atomic mass is 10.1. The summed E-state index contributed by atoms with van der Waals surface area (Å²) in [5, 5.41) is 2.55. The minimum atomic E-state index is -0.565. The summed E-state index contributed by atoms with van der Waals surface area (Å²) in [6.07, 6.45) is 0. The highest BCUT2D eigenvalue weighted by Gasteiger charge is 2.10. The Morgan fingerprint density at radius 3 is 2.52 bits per heavy atom. The van der Waals surface area contributed by atoms with Crippen LogP contribution in [-0.2, 0) is 16.1 Å². The van der Waals surface area contributed by atoms with E-state index in [0.29, 0.717) is 11.1 Å². The summed E-state index contributed by atoms with van der Waals surface area (Å²) in [6, 6.07) is 11.0. The smallest absolute Gasteiger partial charge is 0.338 e. The quantitative estimate of drug-likeness (QED) is 0.853. The third-order valence-corrected chi connectivity index (χ3v) is 3.38. The number of amides is 1. The van der Waals surface area contributed by atoms with Crippen molar-refractivity contribution in [3.63, 3.8) is 0 Å². The highest BCUT2D eigenvalue weighted by atomic mass is 35.5. The van der Waals surface area contributed by atoms with Gasteiger partial charge in [-0.2, -0.15) is 0 Å². The molecular weight excluding hydrogens is 321 g/mol. The highest BCUT2D eigenvalue weighted by Crippen LogP contribution is 2.15. The van der Waals surface area contributed by atoms with Crippen molar-refractivity contribution in [1.29, 1.82) is 0 Å². The molecule has 23 heavy (non-hydrogen) atoms. The summed E-state index contributed by atoms with van der Waals surface area (Å²) in [5.41, 5.74) is 2.06. The van der Waals surface area contributed by atoms with Gasteiger partial charge in [-0.3, -0.25) is 4.79 Å². The van der Waals surface area contributed by atoms with Crippen LogP contribution in [0.15, 0.2) is 42.5 Å². The minimum absolute atomic E-state index is 0.0115. The minimum Gasteiger partial charge on any atom is -0.452 e. The molecule has 2 rings (SSSR count). The van der Waals surface area contributed by atoms with Crippen molar-refractivity contribution in [2.45, 2.75) is 13.5 Å². The van der Waals surface area contributed by atoms with Gasteiger partial charge in [0.15, 0.2) is 6.61 Å². The molecule has 0 unspecified atom stereocenters. The molecule has 4 nitrogen and oxygen atoms in total. The maximum atomic E-state index is 13.0. The van der Waals surface area contributed by atoms with E-state index in [1.807, 2.05) is 6.92 Å². The van der Waals surface area contributed by atoms with Gasteiger partial charge in [0.25, 0.3) is 5.91 Å². The standard InChI is InChI=1S/C17H15ClFNO3/c1-11-2-5-13(6-3-11)17(22)23-10-16(21)20-9-12-4-7-15(19)14(18)8-12/h2-8H,9-10H2,1H3,(H,20,21). The van der Waals surface area contributed by atoms with Gasteiger partial charge in [0.1, 0.15) is 5.82 Å². The molecule has 2 aromatic carbocycles. The first-order valence-electron chi connectivity index (χ1n) is 6.90. The maximum absolute atomic E-state index is 13.0. The maximum Gasteiger partial charge on any atom is 0.338 e. The zero-order valence-electron chi connectivity index (χ0n) is 12.4. The summed E-state index contributed by atoms with van der Waals surface area (Å²) < 4.78 is 17.9. The molecule has 120 valence electrons. The molecule has 2 aromatic rings. The van der Waals surface area contributed by atoms with E-state index in [0.717, 1.165) is 5.56 Å². The van der Waals surface area contributed by atoms with Gasteiger partial charge in [-0.05, 0) is 36.8 Å². The summed E-state index contributed by atoms with van der Waals surface area (Å²) in [5.74, 6) is -1.54. The van der Waals surface area contributed by atoms with E-state index in [1.165, 1.54) is 18.2 Å². The number of rotatable bonds is 5. The Morgan fingerprint density at radius 2 is 1.87 bits per heavy atom. The molecule has 0 atom stereocenters. The lowest BCUT2D eigenvalue weighted by Gasteiger charge is -2.07. The second-order valence-corrected chi connectivity index (χ2v) is 5.37. The molecule has 1 amide bonds. The fourth-order valence-corrected chi connectivity index (χ4v) is 2.01. The van der Waals surface area contributed by atoms with Crippen LogP contribution in [-0.4, -0.2) is 18.5 Å². The Morgan fingerprint density at radius 1 is 1.17 bits per heavy atom. The first-order valence-corrected chi connectivity index (χ1v) is 7.28. The van der Waals surface area contributed by atoms with Crippen LogP contribution in [0.3, 0.4) is 0 Å². The fraction of sp³-hybridized carbons (Fsp3) is 0.176. The average Bonchev–Trinajstić information content (AvgIpc) is 2.54. The van der Waals surface area contributed by atoms with Crippen molar-refractivity contribution in [1.82, 2.24) is 5.32 Å². The van der Waals surface area contributed by atoms with E-state index >= 15 is 0 Å². The van der Waals surface area contributed by atoms with Crippen LogP contribution in [0, 0.1) is 12.7 Å². The highest BCUT2D eigenvalue weighted by molar-refractivity contribution is 6.30. The second-order valence-electron chi connectivity index (χ2n) is 4.97. The van der Waals surface area contributed by atoms with E-state index in [2.05, 4.69) is 5.32 Å². The third kappa shape index (κ3) is 5.07. The lowest BCUT2D eigenvalue weighted by molar-refractivity contribution is -0.124. The average molecular weight is 336 g/mol. The number of halogens is 2. The summed E-state index contributed by atoms with van der Waals surface area (Å²) in [7, 11) is 0. The van der Waals surface area contributed by atoms with E-state index in [4.69, 9.17) is 16.3 Å². The van der Waals surface area contributed by atoms with Crippen LogP contribution in [0.25, 0.3) is 0 Å². The van der Waals surface area contributed by atoms with Crippen molar-refractivity contribution in [3.05, 3.63) is 70.0 Å². The molecule has 0 saturated carbocycles. The summed E-state index contributed by atoms with van der Waals surface area (Å²) in [4.78, 5) is 23.4. The number of aryl methyl sites for hydroxylation is 1. The van der Waals surface area contributed by atoms with Crippen LogP contribution < -0.4 is 5.32 Å². The van der Waals surface area contributed by atoms with Crippen molar-refractivity contribution >= 4 is 23.5 Å². The van der Waals surface area contributed by atoms with Crippen molar-refractivity contribution < 1.29 is 18.7 Å². The van der Waals surface area contributed by atoms with Crippen LogP contribution in [0.5, 0.6) is 0 Å². The van der Waals surface area contributed by atoms with E-state index in [9.17, 15) is 14.0 Å². The number of hydrogen-bond donors (Lipinski definition) is 1. The topological polar surface area (TPSA) is 55.4 Å². The molecule has 0 aliphatic heterocycles. The molecule has 0 aliphatic rings. The SMILES string of the molecule is Cc1ccc(C(=O)OCC(=O)NCc2ccc(F)c(Cl)c2)cc1. The molecule has 1 N–H and O–H groups in total. The number of ether oxygens (including phenoxy) is 1. The van der Waals surface area contributed by atoms with Gasteiger partial charge in [0.2, 0.25) is 0 Å². The Balaban J connectivity index is 1.79. The van der Waals surface area contributed by atoms with Crippen molar-refractivity contribution in [2.75, 3.05) is 6.61 Å². The van der Waals surface area contributed by atoms with E-state index < -0.39 is 17.7 Å². The Hall–Kier alpha value is -2.40. The van der Waals surface area contributed by atoms with E-state index in [-0.39, 0.29) is 18.2 Å². The first-order chi connectivity index (χ1) is 11.0. The zero-order valence-corrected chi connectivity index (χ0v) is 13.2. The third-order valence-electron chi connectivity index (χ3n) is 3.10. The molecule has 0 aromatic heterocycles. The Bertz CT molecular complexity index is 716. The van der Waals surface area contributed by atoms with Gasteiger partial charge >= 0.3 is 5.97 Å². The van der Waals surface area contributed by atoms with Gasteiger partial charge < -0.3 is 10.1 Å². The summed E-state index contributed by atoms with van der Waals surface area (Å²) >= 11 is 5.65. The van der Waals surface area contributed by atoms with E-state index in [1.54, 1.807) is 24.3 Å². The lowest BCUT2D eigenvalue weighted by Crippen LogP contribution is -2.28. The number of esters is 1. The molecule has 0 heterocycles. The predicted octanol–water partition coefficient (Wildman–Crippen LogP) is 3.26. The molecule has 0 saturated heterocycles. The van der Waals surface area contributed by atoms with Crippen LogP contribution >= 0.6 is 11.6 Å². The number of hydrogen-bond acceptors (Lipinski definition) is 3. The van der Waals surface area contributed by atoms with Crippen LogP contribution in [0.2, 0.25) is 5.02 Å². The monoisotopic (exact) mass is 335 g/mol. The Labute approximate surface area is 138 Å². The van der Waals surface area contributed by atoms with Crippen molar-refractivity contribution in [2.24, 2.45) is 0 Å². The van der Waals surface area contributed by atoms with Gasteiger partial charge in [-0.25, -0.2) is 9.18 Å². The van der Waals surface area contributed by atoms with Crippen molar-refractivity contribution in [3.8, 4) is 0 Å². The second kappa shape index (κ2) is 7.74. The molecule has 0 bridgehead atoms. The van der Waals surface area contributed by atoms with Gasteiger partial charge in [-0.15, -0.1) is 0 Å². The van der Waals surface area contributed by atoms with Gasteiger partial charge in [0, 0.05) is 6.54 Å². The number of carbonyl (C=O) groups excluding carboxylic acids is 2. The number of benzene rings is 2. The van der Waals surface area contributed by atoms with Gasteiger partial charge in [0.05, 0.1) is 10.6 Å². The zero-order chi connectivity index (χ0) is 16.8. The molecule has 0 fully saturated rings. The predicted molar refractivity (Wildman–Crippen MR) is 84.7 cm³/mol. The first kappa shape index (κ1) is 17.0. The number of carbonyl (C=O) groups is 2. The van der Waals surface area contributed by atoms with Gasteiger partial charge in [-0.1, -0.05) is 35.4 Å². The van der Waals surface area contributed by atoms with Crippen LogP contribution in [0.1, 0.15) is 21.5 Å². The molecule has 0 aliphatic carbocycles. The largest absolute Gasteiger partial charge is 0.452 e. The van der Waals surface area contributed by atoms with Crippen LogP contribution in [0.4, 0.5) is 4.39 Å². The normalized spacial score (nSPS) is 10.2. The molecule has 6 heteroatoms. The Kier molecular flexibility index (Phi) is 5.71. The summed E-state index contributed by atoms with van der Waals surface area (Å²) in [6.45, 7) is 1.69. The molecule has 0 spiro atoms. The molecule has 0 radical (unpaired) electrons. The molecular formula is C17H15ClFNO3. The fourth-order valence-electron chi connectivity index (χ4n) is 1.81. The number of nitrogens with one attached hydrogen (secondary N) is 1.